The molecule has 20 heavy (non-hydrogen) atoms. The van der Waals surface area contributed by atoms with Crippen molar-refractivity contribution in [1.29, 1.82) is 0 Å². The zero-order valence-corrected chi connectivity index (χ0v) is 12.4. The summed E-state index contributed by atoms with van der Waals surface area (Å²) in [5, 5.41) is 3.04. The predicted molar refractivity (Wildman–Crippen MR) is 83.0 cm³/mol. The lowest BCUT2D eigenvalue weighted by Gasteiger charge is -2.19. The number of nitrogens with one attached hydrogen (secondary N) is 1. The molecule has 0 radical (unpaired) electrons. The third-order valence-corrected chi connectivity index (χ3v) is 3.89. The van der Waals surface area contributed by atoms with E-state index in [1.165, 1.54) is 12.8 Å². The Hall–Kier alpha value is -1.55. The number of carbonyl (C=O) groups is 1. The van der Waals surface area contributed by atoms with Gasteiger partial charge in [-0.05, 0) is 49.4 Å². The number of benzene rings is 1. The molecule has 1 aromatic rings. The van der Waals surface area contributed by atoms with E-state index in [2.05, 4.69) is 24.2 Å². The van der Waals surface area contributed by atoms with E-state index in [-0.39, 0.29) is 11.9 Å². The highest BCUT2D eigenvalue weighted by Crippen LogP contribution is 2.32. The summed E-state index contributed by atoms with van der Waals surface area (Å²) in [6, 6.07) is 7.90. The number of hydrogen-bond donors (Lipinski definition) is 2. The lowest BCUT2D eigenvalue weighted by molar-refractivity contribution is 0.0933. The summed E-state index contributed by atoms with van der Waals surface area (Å²) < 4.78 is 0. The van der Waals surface area contributed by atoms with Crippen LogP contribution in [0.25, 0.3) is 0 Å². The molecule has 0 bridgehead atoms. The number of anilines is 1. The summed E-state index contributed by atoms with van der Waals surface area (Å²) in [7, 11) is 2.07. The minimum atomic E-state index is -0.0166. The number of nitrogens with zero attached hydrogens (tertiary/aromatic N) is 1. The van der Waals surface area contributed by atoms with Gasteiger partial charge >= 0.3 is 0 Å². The highest BCUT2D eigenvalue weighted by molar-refractivity contribution is 5.94. The fourth-order valence-electron chi connectivity index (χ4n) is 2.45. The average Bonchev–Trinajstić information content (AvgIpc) is 3.29. The van der Waals surface area contributed by atoms with Gasteiger partial charge in [0.15, 0.2) is 0 Å². The molecule has 1 saturated carbocycles. The second-order valence-corrected chi connectivity index (χ2v) is 5.62. The Kier molecular flexibility index (Phi) is 5.01. The molecule has 1 amide bonds. The fraction of sp³-hybridized carbons (Fsp3) is 0.562. The van der Waals surface area contributed by atoms with E-state index in [4.69, 9.17) is 5.73 Å². The maximum atomic E-state index is 12.2. The van der Waals surface area contributed by atoms with E-state index in [9.17, 15) is 4.79 Å². The lowest BCUT2D eigenvalue weighted by atomic mass is 10.1. The van der Waals surface area contributed by atoms with E-state index >= 15 is 0 Å². The van der Waals surface area contributed by atoms with Crippen LogP contribution in [0.5, 0.6) is 0 Å². The van der Waals surface area contributed by atoms with Gasteiger partial charge in [-0.1, -0.05) is 6.92 Å². The average molecular weight is 275 g/mol. The molecule has 1 fully saturated rings. The number of amides is 1. The van der Waals surface area contributed by atoms with Crippen LogP contribution < -0.4 is 16.0 Å². The summed E-state index contributed by atoms with van der Waals surface area (Å²) in [4.78, 5) is 14.4. The van der Waals surface area contributed by atoms with Crippen LogP contribution in [0.4, 0.5) is 5.69 Å². The molecule has 0 spiro atoms. The second-order valence-electron chi connectivity index (χ2n) is 5.62. The minimum Gasteiger partial charge on any atom is -0.375 e. The Morgan fingerprint density at radius 2 is 2.05 bits per heavy atom. The number of nitrogens with two attached hydrogens (primary N) is 1. The highest BCUT2D eigenvalue weighted by Gasteiger charge is 2.31. The van der Waals surface area contributed by atoms with Crippen molar-refractivity contribution in [2.24, 2.45) is 11.7 Å². The summed E-state index contributed by atoms with van der Waals surface area (Å²) in [6.45, 7) is 3.69. The molecule has 1 atom stereocenters. The van der Waals surface area contributed by atoms with Crippen LogP contribution in [0.2, 0.25) is 0 Å². The van der Waals surface area contributed by atoms with Crippen molar-refractivity contribution in [2.75, 3.05) is 25.0 Å². The van der Waals surface area contributed by atoms with Gasteiger partial charge in [-0.2, -0.15) is 0 Å². The highest BCUT2D eigenvalue weighted by atomic mass is 16.1. The third kappa shape index (κ3) is 3.73. The smallest absolute Gasteiger partial charge is 0.251 e. The first kappa shape index (κ1) is 14.9. The monoisotopic (exact) mass is 275 g/mol. The number of carbonyl (C=O) groups excluding carboxylic acids is 1. The Morgan fingerprint density at radius 3 is 2.55 bits per heavy atom. The molecule has 1 unspecified atom stereocenters. The third-order valence-electron chi connectivity index (χ3n) is 3.89. The first-order valence-electron chi connectivity index (χ1n) is 7.47. The molecule has 110 valence electrons. The molecule has 4 heteroatoms. The minimum absolute atomic E-state index is 0.0166. The quantitative estimate of drug-likeness (QED) is 0.800. The van der Waals surface area contributed by atoms with Gasteiger partial charge in [0, 0.05) is 37.4 Å². The molecule has 0 aromatic heterocycles. The van der Waals surface area contributed by atoms with Crippen molar-refractivity contribution in [1.82, 2.24) is 5.32 Å². The molecule has 4 nitrogen and oxygen atoms in total. The SMILES string of the molecule is CCCN(C)c1ccc(C(=O)NC(CN)C2CC2)cc1. The van der Waals surface area contributed by atoms with Gasteiger partial charge in [-0.25, -0.2) is 0 Å². The fourth-order valence-corrected chi connectivity index (χ4v) is 2.45. The first-order chi connectivity index (χ1) is 9.65. The normalized spacial score (nSPS) is 15.8. The maximum absolute atomic E-state index is 12.2. The number of hydrogen-bond acceptors (Lipinski definition) is 3. The second kappa shape index (κ2) is 6.75. The van der Waals surface area contributed by atoms with Gasteiger partial charge in [0.1, 0.15) is 0 Å². The van der Waals surface area contributed by atoms with Gasteiger partial charge in [-0.15, -0.1) is 0 Å². The van der Waals surface area contributed by atoms with E-state index in [1.807, 2.05) is 24.3 Å². The van der Waals surface area contributed by atoms with E-state index in [1.54, 1.807) is 0 Å². The van der Waals surface area contributed by atoms with Gasteiger partial charge < -0.3 is 16.0 Å². The predicted octanol–water partition coefficient (Wildman–Crippen LogP) is 2.00. The van der Waals surface area contributed by atoms with Crippen molar-refractivity contribution in [3.63, 3.8) is 0 Å². The van der Waals surface area contributed by atoms with Gasteiger partial charge in [0.2, 0.25) is 0 Å². The Labute approximate surface area is 121 Å². The van der Waals surface area contributed by atoms with Gasteiger partial charge in [0.05, 0.1) is 0 Å². The van der Waals surface area contributed by atoms with Crippen molar-refractivity contribution < 1.29 is 4.79 Å². The molecule has 1 aromatic carbocycles. The Bertz CT molecular complexity index is 440. The number of rotatable bonds is 7. The Morgan fingerprint density at radius 1 is 1.40 bits per heavy atom. The lowest BCUT2D eigenvalue weighted by Crippen LogP contribution is -2.41. The summed E-state index contributed by atoms with van der Waals surface area (Å²) in [6.07, 6.45) is 3.48. The molecular formula is C16H25N3O. The summed E-state index contributed by atoms with van der Waals surface area (Å²) >= 11 is 0. The molecule has 1 aliphatic carbocycles. The topological polar surface area (TPSA) is 58.4 Å². The first-order valence-corrected chi connectivity index (χ1v) is 7.47. The standard InChI is InChI=1S/C16H25N3O/c1-3-10-19(2)14-8-6-13(7-9-14)16(20)18-15(11-17)12-4-5-12/h6-9,12,15H,3-5,10-11,17H2,1-2H3,(H,18,20). The van der Waals surface area contributed by atoms with Crippen molar-refractivity contribution in [3.05, 3.63) is 29.8 Å². The largest absolute Gasteiger partial charge is 0.375 e. The molecule has 3 N–H and O–H groups in total. The van der Waals surface area contributed by atoms with Crippen LogP contribution in [0.15, 0.2) is 24.3 Å². The van der Waals surface area contributed by atoms with Crippen molar-refractivity contribution in [3.8, 4) is 0 Å². The molecular weight excluding hydrogens is 250 g/mol. The van der Waals surface area contributed by atoms with Crippen LogP contribution in [-0.2, 0) is 0 Å². The maximum Gasteiger partial charge on any atom is 0.251 e. The molecule has 2 rings (SSSR count). The zero-order chi connectivity index (χ0) is 14.5. The van der Waals surface area contributed by atoms with Crippen molar-refractivity contribution >= 4 is 11.6 Å². The van der Waals surface area contributed by atoms with E-state index in [0.717, 1.165) is 18.7 Å². The molecule has 0 saturated heterocycles. The van der Waals surface area contributed by atoms with Crippen LogP contribution in [0.1, 0.15) is 36.5 Å². The van der Waals surface area contributed by atoms with Crippen LogP contribution in [0, 0.1) is 5.92 Å². The van der Waals surface area contributed by atoms with Crippen LogP contribution in [-0.4, -0.2) is 32.1 Å². The van der Waals surface area contributed by atoms with E-state index in [0.29, 0.717) is 18.0 Å². The zero-order valence-electron chi connectivity index (χ0n) is 12.4. The van der Waals surface area contributed by atoms with Crippen LogP contribution >= 0.6 is 0 Å². The van der Waals surface area contributed by atoms with Crippen molar-refractivity contribution in [2.45, 2.75) is 32.2 Å². The molecule has 1 aliphatic rings. The summed E-state index contributed by atoms with van der Waals surface area (Å²) in [5.74, 6) is 0.566. The molecule has 0 aliphatic heterocycles. The summed E-state index contributed by atoms with van der Waals surface area (Å²) in [5.41, 5.74) is 7.56. The van der Waals surface area contributed by atoms with Gasteiger partial charge in [-0.3, -0.25) is 4.79 Å². The molecule has 0 heterocycles. The van der Waals surface area contributed by atoms with Crippen LogP contribution in [0.3, 0.4) is 0 Å². The Balaban J connectivity index is 1.96. The van der Waals surface area contributed by atoms with Gasteiger partial charge in [0.25, 0.3) is 5.91 Å². The van der Waals surface area contributed by atoms with E-state index < -0.39 is 0 Å².